The number of nitrogens with zero attached hydrogens (tertiary/aromatic N) is 1. The highest BCUT2D eigenvalue weighted by Gasteiger charge is 2.37. The summed E-state index contributed by atoms with van der Waals surface area (Å²) >= 11 is 7.00. The molecule has 1 atom stereocenters. The molecule has 4 rings (SSSR count). The normalized spacial score (nSPS) is 19.1. The largest absolute Gasteiger partial charge is 0.493 e. The third kappa shape index (κ3) is 5.62. The van der Waals surface area contributed by atoms with Crippen LogP contribution in [-0.2, 0) is 17.8 Å². The fourth-order valence-corrected chi connectivity index (χ4v) is 5.94. The van der Waals surface area contributed by atoms with Gasteiger partial charge in [-0.25, -0.2) is 4.39 Å². The van der Waals surface area contributed by atoms with Crippen LogP contribution in [0, 0.1) is 11.7 Å². The second-order valence-electron chi connectivity index (χ2n) is 8.41. The fraction of sp³-hybridized carbons (Fsp3) is 0.440. The van der Waals surface area contributed by atoms with E-state index in [4.69, 9.17) is 21.7 Å². The second-order valence-corrected chi connectivity index (χ2v) is 10.2. The van der Waals surface area contributed by atoms with Crippen LogP contribution in [0.3, 0.4) is 0 Å². The molecule has 0 spiro atoms. The molecule has 0 unspecified atom stereocenters. The molecule has 1 aliphatic carbocycles. The number of carbonyl (C=O) groups is 1. The van der Waals surface area contributed by atoms with Crippen LogP contribution in [0.4, 0.5) is 4.39 Å². The zero-order valence-corrected chi connectivity index (χ0v) is 19.9. The van der Waals surface area contributed by atoms with E-state index in [1.165, 1.54) is 49.6 Å². The Bertz CT molecular complexity index is 960. The standard InChI is InChI=1S/C25H28FNO3S2/c1-29-22-14-19(8-11-21(22)30-16-18-6-9-20(26)10-7-18)15-23-24(28)27(25(31)32-23)13-12-17-4-2-3-5-17/h6-11,14,17,23H,2-5,12-13,15-16H2,1H3/t23-/m1/s1. The predicted octanol–water partition coefficient (Wildman–Crippen LogP) is 5.77. The first-order valence-electron chi connectivity index (χ1n) is 11.1. The first-order valence-corrected chi connectivity index (χ1v) is 12.4. The number of hydrogen-bond donors (Lipinski definition) is 0. The van der Waals surface area contributed by atoms with Gasteiger partial charge in [-0.3, -0.25) is 9.69 Å². The van der Waals surface area contributed by atoms with Crippen molar-refractivity contribution >= 4 is 34.2 Å². The number of benzene rings is 2. The highest BCUT2D eigenvalue weighted by Crippen LogP contribution is 2.35. The van der Waals surface area contributed by atoms with E-state index in [2.05, 4.69) is 0 Å². The Hall–Kier alpha value is -2.12. The second kappa shape index (κ2) is 10.7. The van der Waals surface area contributed by atoms with Gasteiger partial charge in [0.05, 0.1) is 12.4 Å². The Balaban J connectivity index is 1.35. The maximum atomic E-state index is 13.1. The maximum Gasteiger partial charge on any atom is 0.241 e. The molecule has 1 heterocycles. The quantitative estimate of drug-likeness (QED) is 0.433. The van der Waals surface area contributed by atoms with Gasteiger partial charge in [-0.15, -0.1) is 0 Å². The summed E-state index contributed by atoms with van der Waals surface area (Å²) in [6, 6.07) is 11.9. The highest BCUT2D eigenvalue weighted by molar-refractivity contribution is 8.24. The smallest absolute Gasteiger partial charge is 0.241 e. The van der Waals surface area contributed by atoms with Gasteiger partial charge in [0.1, 0.15) is 16.7 Å². The molecule has 2 aromatic rings. The number of hydrogen-bond acceptors (Lipinski definition) is 5. The van der Waals surface area contributed by atoms with E-state index in [1.807, 2.05) is 18.2 Å². The first-order chi connectivity index (χ1) is 15.5. The summed E-state index contributed by atoms with van der Waals surface area (Å²) < 4.78 is 25.1. The van der Waals surface area contributed by atoms with E-state index in [0.717, 1.165) is 30.0 Å². The number of rotatable bonds is 9. The van der Waals surface area contributed by atoms with Gasteiger partial charge in [-0.1, -0.05) is 67.9 Å². The van der Waals surface area contributed by atoms with E-state index in [9.17, 15) is 9.18 Å². The Labute approximate surface area is 198 Å². The van der Waals surface area contributed by atoms with Gasteiger partial charge in [-0.2, -0.15) is 0 Å². The Kier molecular flexibility index (Phi) is 7.68. The van der Waals surface area contributed by atoms with Crippen molar-refractivity contribution < 1.29 is 18.7 Å². The minimum atomic E-state index is -0.272. The molecule has 1 aliphatic heterocycles. The molecule has 4 nitrogen and oxygen atoms in total. The van der Waals surface area contributed by atoms with Crippen molar-refractivity contribution in [1.82, 2.24) is 4.90 Å². The summed E-state index contributed by atoms with van der Waals surface area (Å²) in [5.41, 5.74) is 1.87. The molecule has 1 saturated heterocycles. The van der Waals surface area contributed by atoms with Gasteiger partial charge in [-0.05, 0) is 54.2 Å². The number of ether oxygens (including phenoxy) is 2. The van der Waals surface area contributed by atoms with Crippen molar-refractivity contribution in [2.24, 2.45) is 5.92 Å². The Morgan fingerprint density at radius 1 is 1.09 bits per heavy atom. The minimum Gasteiger partial charge on any atom is -0.493 e. The predicted molar refractivity (Wildman–Crippen MR) is 130 cm³/mol. The lowest BCUT2D eigenvalue weighted by Gasteiger charge is -2.18. The number of thiocarbonyl (C=S) groups is 1. The van der Waals surface area contributed by atoms with Crippen LogP contribution in [0.1, 0.15) is 43.2 Å². The number of halogens is 1. The van der Waals surface area contributed by atoms with Gasteiger partial charge in [0.25, 0.3) is 0 Å². The first kappa shape index (κ1) is 23.1. The topological polar surface area (TPSA) is 38.8 Å². The highest BCUT2D eigenvalue weighted by atomic mass is 32.2. The van der Waals surface area contributed by atoms with Gasteiger partial charge in [0.15, 0.2) is 11.5 Å². The number of thioether (sulfide) groups is 1. The van der Waals surface area contributed by atoms with Crippen molar-refractivity contribution in [3.63, 3.8) is 0 Å². The lowest BCUT2D eigenvalue weighted by atomic mass is 10.0. The average Bonchev–Trinajstić information content (AvgIpc) is 3.40. The minimum absolute atomic E-state index is 0.119. The van der Waals surface area contributed by atoms with Crippen LogP contribution in [0.2, 0.25) is 0 Å². The van der Waals surface area contributed by atoms with E-state index in [0.29, 0.717) is 28.8 Å². The number of amides is 1. The summed E-state index contributed by atoms with van der Waals surface area (Å²) in [7, 11) is 1.60. The molecule has 0 aromatic heterocycles. The van der Waals surface area contributed by atoms with E-state index >= 15 is 0 Å². The molecule has 0 N–H and O–H groups in total. The van der Waals surface area contributed by atoms with Crippen LogP contribution in [0.5, 0.6) is 11.5 Å². The molecule has 0 radical (unpaired) electrons. The van der Waals surface area contributed by atoms with Crippen molar-refractivity contribution in [2.45, 2.75) is 50.4 Å². The molecule has 32 heavy (non-hydrogen) atoms. The van der Waals surface area contributed by atoms with Gasteiger partial charge >= 0.3 is 0 Å². The van der Waals surface area contributed by atoms with Crippen molar-refractivity contribution in [3.8, 4) is 11.5 Å². The molecule has 2 aliphatic rings. The lowest BCUT2D eigenvalue weighted by Crippen LogP contribution is -2.33. The number of methoxy groups -OCH3 is 1. The van der Waals surface area contributed by atoms with E-state index < -0.39 is 0 Å². The summed E-state index contributed by atoms with van der Waals surface area (Å²) in [4.78, 5) is 14.8. The summed E-state index contributed by atoms with van der Waals surface area (Å²) in [6.07, 6.45) is 6.82. The van der Waals surface area contributed by atoms with Crippen molar-refractivity contribution in [3.05, 3.63) is 59.4 Å². The van der Waals surface area contributed by atoms with Gasteiger partial charge in [0.2, 0.25) is 5.91 Å². The molecule has 0 bridgehead atoms. The van der Waals surface area contributed by atoms with Crippen molar-refractivity contribution in [1.29, 1.82) is 0 Å². The van der Waals surface area contributed by atoms with Gasteiger partial charge < -0.3 is 9.47 Å². The van der Waals surface area contributed by atoms with E-state index in [1.54, 1.807) is 24.1 Å². The zero-order chi connectivity index (χ0) is 22.5. The van der Waals surface area contributed by atoms with Crippen molar-refractivity contribution in [2.75, 3.05) is 13.7 Å². The SMILES string of the molecule is COc1cc(C[C@H]2SC(=S)N(CCC3CCCC3)C2=O)ccc1OCc1ccc(F)cc1. The van der Waals surface area contributed by atoms with Crippen LogP contribution in [-0.4, -0.2) is 34.0 Å². The average molecular weight is 474 g/mol. The molecule has 7 heteroatoms. The molecule has 2 aromatic carbocycles. The summed E-state index contributed by atoms with van der Waals surface area (Å²) in [5.74, 6) is 1.81. The monoisotopic (exact) mass is 473 g/mol. The third-order valence-electron chi connectivity index (χ3n) is 6.20. The molecule has 1 amide bonds. The summed E-state index contributed by atoms with van der Waals surface area (Å²) in [6.45, 7) is 1.06. The van der Waals surface area contributed by atoms with Crippen LogP contribution >= 0.6 is 24.0 Å². The van der Waals surface area contributed by atoms with E-state index in [-0.39, 0.29) is 17.0 Å². The molecular weight excluding hydrogens is 445 g/mol. The Morgan fingerprint density at radius 3 is 2.53 bits per heavy atom. The van der Waals surface area contributed by atoms with Crippen LogP contribution < -0.4 is 9.47 Å². The zero-order valence-electron chi connectivity index (χ0n) is 18.2. The van der Waals surface area contributed by atoms with Crippen LogP contribution in [0.25, 0.3) is 0 Å². The molecule has 170 valence electrons. The number of carbonyl (C=O) groups excluding carboxylic acids is 1. The molecular formula is C25H28FNO3S2. The lowest BCUT2D eigenvalue weighted by molar-refractivity contribution is -0.126. The molecule has 1 saturated carbocycles. The molecule has 2 fully saturated rings. The Morgan fingerprint density at radius 2 is 1.81 bits per heavy atom. The summed E-state index contributed by atoms with van der Waals surface area (Å²) in [5, 5.41) is -0.193. The fourth-order valence-electron chi connectivity index (χ4n) is 4.35. The van der Waals surface area contributed by atoms with Gasteiger partial charge in [0, 0.05) is 6.54 Å². The third-order valence-corrected chi connectivity index (χ3v) is 7.78. The van der Waals surface area contributed by atoms with Crippen LogP contribution in [0.15, 0.2) is 42.5 Å². The maximum absolute atomic E-state index is 13.1.